The van der Waals surface area contributed by atoms with Crippen LogP contribution in [0.5, 0.6) is 0 Å². The molecule has 5 unspecified atom stereocenters. The molecule has 2 aromatic carbocycles. The SMILES string of the molecule is CCC1CNCC1CN(C(=O)N1CC(C)OC(C)C1)C(c1nc(-c2cc(F)ccc2F)nn1Cc1cccc(F)c1)C(C)(C)C. The smallest absolute Gasteiger partial charge is 0.320 e. The molecular weight excluding hydrogens is 581 g/mol. The lowest BCUT2D eigenvalue weighted by molar-refractivity contribution is -0.0620. The van der Waals surface area contributed by atoms with E-state index in [0.29, 0.717) is 36.9 Å². The molecule has 2 amide bonds. The minimum atomic E-state index is -0.662. The molecule has 8 nitrogen and oxygen atoms in total. The van der Waals surface area contributed by atoms with Crippen LogP contribution < -0.4 is 5.32 Å². The summed E-state index contributed by atoms with van der Waals surface area (Å²) in [6.45, 7) is 15.4. The monoisotopic (exact) mass is 626 g/mol. The van der Waals surface area contributed by atoms with Gasteiger partial charge < -0.3 is 19.9 Å². The lowest BCUT2D eigenvalue weighted by Crippen LogP contribution is -2.56. The highest BCUT2D eigenvalue weighted by Crippen LogP contribution is 2.41. The van der Waals surface area contributed by atoms with Crippen molar-refractivity contribution in [3.05, 3.63) is 71.3 Å². The summed E-state index contributed by atoms with van der Waals surface area (Å²) in [4.78, 5) is 23.3. The van der Waals surface area contributed by atoms with Crippen molar-refractivity contribution >= 4 is 6.03 Å². The van der Waals surface area contributed by atoms with Crippen LogP contribution in [0.4, 0.5) is 18.0 Å². The normalized spacial score (nSPS) is 22.9. The number of aromatic nitrogens is 3. The first-order chi connectivity index (χ1) is 21.3. The van der Waals surface area contributed by atoms with E-state index in [4.69, 9.17) is 9.72 Å². The van der Waals surface area contributed by atoms with Crippen molar-refractivity contribution in [2.75, 3.05) is 32.7 Å². The number of halogens is 3. The van der Waals surface area contributed by atoms with E-state index < -0.39 is 28.9 Å². The molecule has 5 rings (SSSR count). The largest absolute Gasteiger partial charge is 0.372 e. The first-order valence-corrected chi connectivity index (χ1v) is 15.9. The highest BCUT2D eigenvalue weighted by atomic mass is 19.1. The Labute approximate surface area is 264 Å². The van der Waals surface area contributed by atoms with Gasteiger partial charge in [0.1, 0.15) is 17.5 Å². The van der Waals surface area contributed by atoms with Crippen LogP contribution in [0.2, 0.25) is 0 Å². The minimum absolute atomic E-state index is 0.00244. The number of hydrogen-bond donors (Lipinski definition) is 1. The van der Waals surface area contributed by atoms with Gasteiger partial charge in [-0.25, -0.2) is 27.6 Å². The zero-order chi connectivity index (χ0) is 32.5. The zero-order valence-electron chi connectivity index (χ0n) is 27.1. The number of carbonyl (C=O) groups is 1. The summed E-state index contributed by atoms with van der Waals surface area (Å²) in [5.41, 5.74) is -0.0151. The molecule has 11 heteroatoms. The maximum Gasteiger partial charge on any atom is 0.320 e. The standard InChI is InChI=1S/C34H45F3N6O2/c1-7-24-15-38-16-25(24)20-42(33(44)41-17-21(2)45-22(3)18-41)30(34(4,5)6)32-39-31(28-14-27(36)11-12-29(28)37)40-43(32)19-23-9-8-10-26(35)13-23/h8-14,21-22,24-25,30,38H,7,15-20H2,1-6H3. The van der Waals surface area contributed by atoms with Gasteiger partial charge in [-0.2, -0.15) is 5.10 Å². The molecule has 45 heavy (non-hydrogen) atoms. The second-order valence-electron chi connectivity index (χ2n) is 13.7. The fourth-order valence-electron chi connectivity index (χ4n) is 6.80. The third-order valence-corrected chi connectivity index (χ3v) is 8.84. The molecule has 0 bridgehead atoms. The fraction of sp³-hybridized carbons (Fsp3) is 0.559. The topological polar surface area (TPSA) is 75.5 Å². The van der Waals surface area contributed by atoms with Gasteiger partial charge in [0, 0.05) is 19.6 Å². The zero-order valence-corrected chi connectivity index (χ0v) is 27.1. The summed E-state index contributed by atoms with van der Waals surface area (Å²) in [6, 6.07) is 8.60. The van der Waals surface area contributed by atoms with E-state index in [9.17, 15) is 13.6 Å². The first kappa shape index (κ1) is 32.9. The Balaban J connectivity index is 1.66. The molecule has 0 radical (unpaired) electrons. The van der Waals surface area contributed by atoms with Crippen LogP contribution in [0.25, 0.3) is 11.4 Å². The van der Waals surface area contributed by atoms with Crippen molar-refractivity contribution in [2.45, 2.75) is 72.8 Å². The molecule has 0 aliphatic carbocycles. The summed E-state index contributed by atoms with van der Waals surface area (Å²) in [7, 11) is 0. The van der Waals surface area contributed by atoms with Crippen LogP contribution >= 0.6 is 0 Å². The molecule has 5 atom stereocenters. The maximum absolute atomic E-state index is 15.1. The molecule has 2 aliphatic heterocycles. The second-order valence-corrected chi connectivity index (χ2v) is 13.7. The Kier molecular flexibility index (Phi) is 9.88. The number of rotatable bonds is 8. The number of ether oxygens (including phenoxy) is 1. The number of carbonyl (C=O) groups excluding carboxylic acids is 1. The molecule has 1 aromatic heterocycles. The van der Waals surface area contributed by atoms with E-state index in [1.165, 1.54) is 12.1 Å². The highest BCUT2D eigenvalue weighted by Gasteiger charge is 2.43. The number of nitrogens with zero attached hydrogens (tertiary/aromatic N) is 5. The number of benzene rings is 2. The van der Waals surface area contributed by atoms with Gasteiger partial charge in [0.05, 0.1) is 30.4 Å². The van der Waals surface area contributed by atoms with Gasteiger partial charge in [0.25, 0.3) is 0 Å². The molecule has 3 heterocycles. The van der Waals surface area contributed by atoms with Crippen molar-refractivity contribution in [2.24, 2.45) is 17.3 Å². The summed E-state index contributed by atoms with van der Waals surface area (Å²) < 4.78 is 51.2. The van der Waals surface area contributed by atoms with E-state index in [-0.39, 0.29) is 42.1 Å². The number of morpholine rings is 1. The summed E-state index contributed by atoms with van der Waals surface area (Å²) >= 11 is 0. The summed E-state index contributed by atoms with van der Waals surface area (Å²) in [5.74, 6) is -0.650. The minimum Gasteiger partial charge on any atom is -0.372 e. The van der Waals surface area contributed by atoms with E-state index in [2.05, 4.69) is 17.3 Å². The van der Waals surface area contributed by atoms with E-state index in [0.717, 1.165) is 37.7 Å². The van der Waals surface area contributed by atoms with Crippen molar-refractivity contribution in [1.82, 2.24) is 29.9 Å². The average Bonchev–Trinajstić information content (AvgIpc) is 3.59. The molecule has 1 N–H and O–H groups in total. The molecule has 3 aromatic rings. The van der Waals surface area contributed by atoms with E-state index >= 15 is 4.39 Å². The lowest BCUT2D eigenvalue weighted by Gasteiger charge is -2.45. The fourth-order valence-corrected chi connectivity index (χ4v) is 6.80. The third-order valence-electron chi connectivity index (χ3n) is 8.84. The Morgan fingerprint density at radius 3 is 2.40 bits per heavy atom. The summed E-state index contributed by atoms with van der Waals surface area (Å²) in [6.07, 6.45) is 0.733. The van der Waals surface area contributed by atoms with Crippen LogP contribution in [0.1, 0.15) is 65.4 Å². The number of nitrogens with one attached hydrogen (secondary N) is 1. The predicted molar refractivity (Wildman–Crippen MR) is 167 cm³/mol. The average molecular weight is 627 g/mol. The van der Waals surface area contributed by atoms with Crippen LogP contribution in [0.3, 0.4) is 0 Å². The van der Waals surface area contributed by atoms with Gasteiger partial charge in [0.15, 0.2) is 11.6 Å². The Morgan fingerprint density at radius 1 is 1.04 bits per heavy atom. The van der Waals surface area contributed by atoms with E-state index in [1.807, 2.05) is 44.4 Å². The van der Waals surface area contributed by atoms with Gasteiger partial charge >= 0.3 is 6.03 Å². The molecule has 2 fully saturated rings. The van der Waals surface area contributed by atoms with Crippen LogP contribution in [0.15, 0.2) is 42.5 Å². The number of amides is 2. The number of hydrogen-bond acceptors (Lipinski definition) is 5. The molecule has 244 valence electrons. The van der Waals surface area contributed by atoms with Gasteiger partial charge in [-0.1, -0.05) is 46.2 Å². The van der Waals surface area contributed by atoms with Gasteiger partial charge in [0.2, 0.25) is 0 Å². The van der Waals surface area contributed by atoms with Crippen LogP contribution in [0, 0.1) is 34.7 Å². The lowest BCUT2D eigenvalue weighted by atomic mass is 9.83. The summed E-state index contributed by atoms with van der Waals surface area (Å²) in [5, 5.41) is 8.17. The Morgan fingerprint density at radius 2 is 1.73 bits per heavy atom. The quantitative estimate of drug-likeness (QED) is 0.319. The molecule has 2 aliphatic rings. The molecule has 0 spiro atoms. The van der Waals surface area contributed by atoms with Crippen LogP contribution in [-0.2, 0) is 11.3 Å². The third kappa shape index (κ3) is 7.52. The van der Waals surface area contributed by atoms with Crippen molar-refractivity contribution in [1.29, 1.82) is 0 Å². The Hall–Kier alpha value is -3.44. The Bertz CT molecular complexity index is 1480. The molecular formula is C34H45F3N6O2. The first-order valence-electron chi connectivity index (χ1n) is 15.9. The molecule has 2 saturated heterocycles. The van der Waals surface area contributed by atoms with Crippen LogP contribution in [-0.4, -0.2) is 75.5 Å². The highest BCUT2D eigenvalue weighted by molar-refractivity contribution is 5.75. The van der Waals surface area contributed by atoms with Gasteiger partial charge in [-0.15, -0.1) is 0 Å². The van der Waals surface area contributed by atoms with E-state index in [1.54, 1.807) is 16.8 Å². The van der Waals surface area contributed by atoms with Crippen molar-refractivity contribution < 1.29 is 22.7 Å². The van der Waals surface area contributed by atoms with Crippen molar-refractivity contribution in [3.8, 4) is 11.4 Å². The number of urea groups is 1. The van der Waals surface area contributed by atoms with Gasteiger partial charge in [-0.05, 0) is 80.1 Å². The maximum atomic E-state index is 15.1. The molecule has 0 saturated carbocycles. The predicted octanol–water partition coefficient (Wildman–Crippen LogP) is 6.27. The second kappa shape index (κ2) is 13.5. The van der Waals surface area contributed by atoms with Gasteiger partial charge in [-0.3, -0.25) is 0 Å². The van der Waals surface area contributed by atoms with Crippen molar-refractivity contribution in [3.63, 3.8) is 0 Å².